The summed E-state index contributed by atoms with van der Waals surface area (Å²) in [5.74, 6) is 0. The molecule has 2 nitrogen and oxygen atoms in total. The van der Waals surface area contributed by atoms with Crippen molar-refractivity contribution in [3.63, 3.8) is 0 Å². The number of hydrogen-bond acceptors (Lipinski definition) is 2. The Morgan fingerprint density at radius 3 is 3.00 bits per heavy atom. The molecule has 1 heterocycles. The van der Waals surface area contributed by atoms with Gasteiger partial charge in [-0.05, 0) is 29.8 Å². The van der Waals surface area contributed by atoms with Crippen LogP contribution in [0.25, 0.3) is 6.08 Å². The average Bonchev–Trinajstić information content (AvgIpc) is 2.55. The average molecular weight is 224 g/mol. The summed E-state index contributed by atoms with van der Waals surface area (Å²) in [7, 11) is 0. The maximum absolute atomic E-state index is 10.0. The van der Waals surface area contributed by atoms with Gasteiger partial charge in [0.2, 0.25) is 0 Å². The molecule has 0 saturated heterocycles. The molecule has 0 radical (unpaired) electrons. The van der Waals surface area contributed by atoms with Crippen LogP contribution in [-0.4, -0.2) is 16.6 Å². The van der Waals surface area contributed by atoms with Gasteiger partial charge < -0.3 is 5.11 Å². The smallest absolute Gasteiger partial charge is 0.134 e. The van der Waals surface area contributed by atoms with E-state index in [1.54, 1.807) is 6.08 Å². The van der Waals surface area contributed by atoms with Gasteiger partial charge in [-0.15, -0.1) is 0 Å². The summed E-state index contributed by atoms with van der Waals surface area (Å²) in [5.41, 5.74) is 3.08. The van der Waals surface area contributed by atoms with Crippen LogP contribution in [-0.2, 0) is 6.54 Å². The summed E-state index contributed by atoms with van der Waals surface area (Å²) in [6, 6.07) is 3.73. The van der Waals surface area contributed by atoms with E-state index in [1.807, 2.05) is 24.0 Å². The lowest BCUT2D eigenvalue weighted by Gasteiger charge is -2.17. The molecule has 0 spiro atoms. The molecule has 1 aliphatic heterocycles. The van der Waals surface area contributed by atoms with Crippen LogP contribution < -0.4 is 0 Å². The van der Waals surface area contributed by atoms with Crippen LogP contribution in [0, 0.1) is 0 Å². The molecule has 80 valence electrons. The lowest BCUT2D eigenvalue weighted by molar-refractivity contribution is 0.0177. The van der Waals surface area contributed by atoms with E-state index in [-0.39, 0.29) is 0 Å². The van der Waals surface area contributed by atoms with Crippen molar-refractivity contribution in [2.75, 3.05) is 6.54 Å². The van der Waals surface area contributed by atoms with Gasteiger partial charge in [-0.3, -0.25) is 4.90 Å². The van der Waals surface area contributed by atoms with E-state index >= 15 is 0 Å². The molecule has 0 aromatic heterocycles. The Morgan fingerprint density at radius 1 is 1.67 bits per heavy atom. The minimum atomic E-state index is -0.526. The van der Waals surface area contributed by atoms with Crippen molar-refractivity contribution < 1.29 is 5.11 Å². The van der Waals surface area contributed by atoms with Gasteiger partial charge in [0.05, 0.1) is 0 Å². The number of fused-ring (bicyclic) bond motifs is 1. The number of hydrogen-bond donors (Lipinski definition) is 1. The van der Waals surface area contributed by atoms with E-state index < -0.39 is 6.23 Å². The number of benzene rings is 1. The van der Waals surface area contributed by atoms with Crippen molar-refractivity contribution in [3.8, 4) is 0 Å². The maximum Gasteiger partial charge on any atom is 0.134 e. The quantitative estimate of drug-likeness (QED) is 0.834. The van der Waals surface area contributed by atoms with E-state index in [1.165, 1.54) is 0 Å². The number of nitrogens with zero attached hydrogens (tertiary/aromatic N) is 1. The summed E-state index contributed by atoms with van der Waals surface area (Å²) in [6.07, 6.45) is 1.26. The van der Waals surface area contributed by atoms with Crippen LogP contribution >= 0.6 is 11.6 Å². The van der Waals surface area contributed by atoms with E-state index in [2.05, 4.69) is 6.58 Å². The van der Waals surface area contributed by atoms with Crippen molar-refractivity contribution in [2.45, 2.75) is 19.7 Å². The second-order valence-electron chi connectivity index (χ2n) is 3.70. The first kappa shape index (κ1) is 10.7. The zero-order chi connectivity index (χ0) is 11.0. The Morgan fingerprint density at radius 2 is 2.40 bits per heavy atom. The molecule has 1 N–H and O–H groups in total. The van der Waals surface area contributed by atoms with Gasteiger partial charge >= 0.3 is 0 Å². The zero-order valence-corrected chi connectivity index (χ0v) is 9.46. The van der Waals surface area contributed by atoms with Crippen LogP contribution in [0.5, 0.6) is 0 Å². The lowest BCUT2D eigenvalue weighted by atomic mass is 10.0. The highest BCUT2D eigenvalue weighted by atomic mass is 35.5. The second kappa shape index (κ2) is 3.97. The normalized spacial score (nSPS) is 20.3. The molecule has 2 rings (SSSR count). The summed E-state index contributed by atoms with van der Waals surface area (Å²) >= 11 is 5.99. The van der Waals surface area contributed by atoms with E-state index in [9.17, 15) is 5.11 Å². The molecule has 1 aliphatic rings. The maximum atomic E-state index is 10.0. The molecule has 0 amide bonds. The van der Waals surface area contributed by atoms with Crippen molar-refractivity contribution in [1.29, 1.82) is 0 Å². The molecular weight excluding hydrogens is 210 g/mol. The first-order chi connectivity index (χ1) is 7.17. The SMILES string of the molecule is C=Cc1cc(Cl)cc2c1CN(CC)C2O. The first-order valence-electron chi connectivity index (χ1n) is 5.04. The van der Waals surface area contributed by atoms with E-state index in [0.717, 1.165) is 29.8 Å². The third-order valence-corrected chi connectivity index (χ3v) is 3.11. The Balaban J connectivity index is 2.53. The Kier molecular flexibility index (Phi) is 2.83. The van der Waals surface area contributed by atoms with Gasteiger partial charge in [0.15, 0.2) is 0 Å². The number of aliphatic hydroxyl groups excluding tert-OH is 1. The fourth-order valence-corrected chi connectivity index (χ4v) is 2.28. The minimum absolute atomic E-state index is 0.526. The molecule has 1 aromatic carbocycles. The van der Waals surface area contributed by atoms with Crippen LogP contribution in [0.15, 0.2) is 18.7 Å². The van der Waals surface area contributed by atoms with Gasteiger partial charge in [-0.25, -0.2) is 0 Å². The van der Waals surface area contributed by atoms with Crippen molar-refractivity contribution >= 4 is 17.7 Å². The molecule has 15 heavy (non-hydrogen) atoms. The van der Waals surface area contributed by atoms with Crippen LogP contribution in [0.3, 0.4) is 0 Å². The number of aliphatic hydroxyl groups is 1. The summed E-state index contributed by atoms with van der Waals surface area (Å²) < 4.78 is 0. The molecule has 0 saturated carbocycles. The Bertz CT molecular complexity index is 403. The fourth-order valence-electron chi connectivity index (χ4n) is 2.05. The molecule has 3 heteroatoms. The number of rotatable bonds is 2. The van der Waals surface area contributed by atoms with Crippen molar-refractivity contribution in [1.82, 2.24) is 4.90 Å². The van der Waals surface area contributed by atoms with Gasteiger partial charge in [-0.1, -0.05) is 31.2 Å². The minimum Gasteiger partial charge on any atom is -0.374 e. The van der Waals surface area contributed by atoms with Crippen LogP contribution in [0.4, 0.5) is 0 Å². The highest BCUT2D eigenvalue weighted by molar-refractivity contribution is 6.30. The Hall–Kier alpha value is -0.830. The predicted octanol–water partition coefficient (Wildman–Crippen LogP) is 2.81. The van der Waals surface area contributed by atoms with E-state index in [0.29, 0.717) is 5.02 Å². The van der Waals surface area contributed by atoms with E-state index in [4.69, 9.17) is 11.6 Å². The lowest BCUT2D eigenvalue weighted by Crippen LogP contribution is -2.20. The summed E-state index contributed by atoms with van der Waals surface area (Å²) in [5, 5.41) is 10.7. The predicted molar refractivity (Wildman–Crippen MR) is 62.6 cm³/mol. The molecule has 1 unspecified atom stereocenters. The highest BCUT2D eigenvalue weighted by Gasteiger charge is 2.28. The van der Waals surface area contributed by atoms with Gasteiger partial charge in [0, 0.05) is 17.1 Å². The number of halogens is 1. The molecule has 0 aliphatic carbocycles. The molecule has 0 fully saturated rings. The monoisotopic (exact) mass is 223 g/mol. The fraction of sp³-hybridized carbons (Fsp3) is 0.333. The largest absolute Gasteiger partial charge is 0.374 e. The molecular formula is C12H14ClNO. The van der Waals surface area contributed by atoms with Crippen molar-refractivity contribution in [2.24, 2.45) is 0 Å². The highest BCUT2D eigenvalue weighted by Crippen LogP contribution is 2.36. The van der Waals surface area contributed by atoms with Gasteiger partial charge in [-0.2, -0.15) is 0 Å². The summed E-state index contributed by atoms with van der Waals surface area (Å²) in [4.78, 5) is 1.99. The molecule has 1 aromatic rings. The zero-order valence-electron chi connectivity index (χ0n) is 8.70. The van der Waals surface area contributed by atoms with Crippen LogP contribution in [0.2, 0.25) is 5.02 Å². The Labute approximate surface area is 94.8 Å². The molecule has 1 atom stereocenters. The third-order valence-electron chi connectivity index (χ3n) is 2.90. The first-order valence-corrected chi connectivity index (χ1v) is 5.42. The standard InChI is InChI=1S/C12H14ClNO/c1-3-8-5-9(13)6-10-11(8)7-14(4-2)12(10)15/h3,5-6,12,15H,1,4,7H2,2H3. The third kappa shape index (κ3) is 1.69. The van der Waals surface area contributed by atoms with Crippen LogP contribution in [0.1, 0.15) is 29.8 Å². The molecule has 0 bridgehead atoms. The van der Waals surface area contributed by atoms with Gasteiger partial charge in [0.25, 0.3) is 0 Å². The topological polar surface area (TPSA) is 23.5 Å². The second-order valence-corrected chi connectivity index (χ2v) is 4.14. The van der Waals surface area contributed by atoms with Gasteiger partial charge in [0.1, 0.15) is 6.23 Å². The van der Waals surface area contributed by atoms with Crippen molar-refractivity contribution in [3.05, 3.63) is 40.4 Å². The summed E-state index contributed by atoms with van der Waals surface area (Å²) in [6.45, 7) is 7.39.